The summed E-state index contributed by atoms with van der Waals surface area (Å²) in [7, 11) is 1.90. The molecule has 31 heavy (non-hydrogen) atoms. The van der Waals surface area contributed by atoms with Crippen LogP contribution < -0.4 is 5.11 Å². The highest BCUT2D eigenvalue weighted by Crippen LogP contribution is 2.45. The van der Waals surface area contributed by atoms with Crippen LogP contribution in [0.3, 0.4) is 0 Å². The zero-order valence-electron chi connectivity index (χ0n) is 19.6. The van der Waals surface area contributed by atoms with Crippen LogP contribution in [0.2, 0.25) is 0 Å². The Bertz CT molecular complexity index is 694. The molecule has 0 unspecified atom stereocenters. The Morgan fingerprint density at radius 3 is 2.65 bits per heavy atom. The highest BCUT2D eigenvalue weighted by atomic mass is 32.2. The van der Waals surface area contributed by atoms with E-state index in [0.29, 0.717) is 25.6 Å². The van der Waals surface area contributed by atoms with E-state index >= 15 is 0 Å². The number of hydrogen-bond donors (Lipinski definition) is 0. The fraction of sp³-hybridized carbons (Fsp3) is 0.739. The first-order valence-electron chi connectivity index (χ1n) is 11.1. The van der Waals surface area contributed by atoms with E-state index in [9.17, 15) is 9.90 Å². The minimum absolute atomic E-state index is 0.0570. The summed E-state index contributed by atoms with van der Waals surface area (Å²) < 4.78 is 12.3. The third-order valence-electron chi connectivity index (χ3n) is 5.19. The van der Waals surface area contributed by atoms with E-state index in [1.54, 1.807) is 4.90 Å². The van der Waals surface area contributed by atoms with Crippen LogP contribution in [-0.2, 0) is 9.47 Å². The standard InChI is InChI=1S/C23H38N2O4S2/c1-7-28-20(26)16-24(6)17-23(30-13-8-14-31-23)11-9-19-10-12-25(15-18(19)2)21(27)29-22(3,4)5/h16-17,19H,2,7-15H2,1,3-6H3/b20-16+,24-17?/t19-/m1/s1. The van der Waals surface area contributed by atoms with Gasteiger partial charge in [0.05, 0.1) is 0 Å². The van der Waals surface area contributed by atoms with Crippen LogP contribution in [0.1, 0.15) is 53.4 Å². The molecule has 0 bridgehead atoms. The van der Waals surface area contributed by atoms with Gasteiger partial charge in [-0.3, -0.25) is 0 Å². The molecule has 0 aromatic carbocycles. The highest BCUT2D eigenvalue weighted by Gasteiger charge is 2.37. The minimum atomic E-state index is -0.487. The number of rotatable bonds is 7. The van der Waals surface area contributed by atoms with Gasteiger partial charge in [0.1, 0.15) is 22.7 Å². The van der Waals surface area contributed by atoms with E-state index in [-0.39, 0.29) is 16.1 Å². The molecule has 0 aliphatic carbocycles. The van der Waals surface area contributed by atoms with Gasteiger partial charge in [-0.1, -0.05) is 19.1 Å². The second-order valence-corrected chi connectivity index (χ2v) is 12.2. The van der Waals surface area contributed by atoms with E-state index in [1.807, 2.05) is 62.8 Å². The molecule has 2 heterocycles. The Morgan fingerprint density at radius 1 is 1.39 bits per heavy atom. The largest absolute Gasteiger partial charge is 0.610 e. The summed E-state index contributed by atoms with van der Waals surface area (Å²) in [6.45, 7) is 13.4. The van der Waals surface area contributed by atoms with Crippen molar-refractivity contribution in [3.63, 3.8) is 0 Å². The summed E-state index contributed by atoms with van der Waals surface area (Å²) in [4.78, 5) is 14.1. The van der Waals surface area contributed by atoms with Gasteiger partial charge in [-0.25, -0.2) is 9.37 Å². The molecule has 8 heteroatoms. The van der Waals surface area contributed by atoms with Crippen molar-refractivity contribution in [2.45, 2.75) is 63.1 Å². The third kappa shape index (κ3) is 8.64. The number of thioether (sulfide) groups is 2. The smallest absolute Gasteiger partial charge is 0.410 e. The molecule has 2 aliphatic rings. The van der Waals surface area contributed by atoms with E-state index in [0.717, 1.165) is 36.3 Å². The third-order valence-corrected chi connectivity index (χ3v) is 8.48. The van der Waals surface area contributed by atoms with Crippen LogP contribution in [0.15, 0.2) is 24.3 Å². The number of amides is 1. The Labute approximate surface area is 196 Å². The van der Waals surface area contributed by atoms with Crippen molar-refractivity contribution in [2.75, 3.05) is 38.2 Å². The molecule has 1 atom stereocenters. The topological polar surface area (TPSA) is 64.8 Å². The van der Waals surface area contributed by atoms with Crippen LogP contribution in [0.25, 0.3) is 0 Å². The molecule has 176 valence electrons. The second kappa shape index (κ2) is 11.5. The van der Waals surface area contributed by atoms with Crippen LogP contribution >= 0.6 is 23.5 Å². The zero-order valence-corrected chi connectivity index (χ0v) is 21.3. The van der Waals surface area contributed by atoms with E-state index in [1.165, 1.54) is 12.6 Å². The van der Waals surface area contributed by atoms with Gasteiger partial charge in [0.2, 0.25) is 0 Å². The molecule has 0 radical (unpaired) electrons. The maximum absolute atomic E-state index is 12.4. The lowest BCUT2D eigenvalue weighted by Crippen LogP contribution is -2.43. The molecule has 0 spiro atoms. The molecular formula is C23H38N2O4S2. The lowest BCUT2D eigenvalue weighted by atomic mass is 9.88. The van der Waals surface area contributed by atoms with Gasteiger partial charge in [-0.05, 0) is 70.5 Å². The van der Waals surface area contributed by atoms with Crippen LogP contribution in [0.5, 0.6) is 0 Å². The van der Waals surface area contributed by atoms with Crippen molar-refractivity contribution < 1.29 is 24.0 Å². The number of carbonyl (C=O) groups is 1. The Hall–Kier alpha value is -1.28. The number of carbonyl (C=O) groups excluding carboxylic acids is 1. The number of ether oxygens (including phenoxy) is 2. The summed E-state index contributed by atoms with van der Waals surface area (Å²) in [6, 6.07) is 0. The van der Waals surface area contributed by atoms with E-state index in [4.69, 9.17) is 9.47 Å². The predicted molar refractivity (Wildman–Crippen MR) is 129 cm³/mol. The van der Waals surface area contributed by atoms with Gasteiger partial charge in [-0.15, -0.1) is 23.5 Å². The molecular weight excluding hydrogens is 432 g/mol. The van der Waals surface area contributed by atoms with Gasteiger partial charge >= 0.3 is 6.09 Å². The van der Waals surface area contributed by atoms with Gasteiger partial charge in [0, 0.05) is 13.1 Å². The normalized spacial score (nSPS) is 22.9. The molecule has 0 aromatic rings. The zero-order chi connectivity index (χ0) is 23.1. The molecule has 0 N–H and O–H groups in total. The number of hydrogen-bond acceptors (Lipinski definition) is 6. The van der Waals surface area contributed by atoms with Crippen LogP contribution in [-0.4, -0.2) is 69.7 Å². The SMILES string of the molecule is C=C1CN(C(=O)OC(C)(C)C)CC[C@H]1CCC1(C=[N+](C)/C=C(\[O-])OCC)SCCCS1. The Kier molecular flexibility index (Phi) is 9.67. The van der Waals surface area contributed by atoms with Crippen molar-refractivity contribution in [3.8, 4) is 0 Å². The fourth-order valence-electron chi connectivity index (χ4n) is 3.74. The lowest BCUT2D eigenvalue weighted by molar-refractivity contribution is -0.446. The molecule has 2 rings (SSSR count). The van der Waals surface area contributed by atoms with E-state index < -0.39 is 5.60 Å². The van der Waals surface area contributed by atoms with Crippen LogP contribution in [0.4, 0.5) is 4.79 Å². The molecule has 0 saturated carbocycles. The first-order chi connectivity index (χ1) is 14.5. The summed E-state index contributed by atoms with van der Waals surface area (Å²) in [6.07, 6.45) is 7.55. The number of nitrogens with zero attached hydrogens (tertiary/aromatic N) is 2. The summed E-state index contributed by atoms with van der Waals surface area (Å²) in [5.74, 6) is 2.32. The second-order valence-electron chi connectivity index (χ2n) is 9.12. The van der Waals surface area contributed by atoms with Gasteiger partial charge in [0.25, 0.3) is 0 Å². The van der Waals surface area contributed by atoms with Crippen LogP contribution in [0, 0.1) is 5.92 Å². The Balaban J connectivity index is 1.99. The number of likely N-dealkylation sites (tertiary alicyclic amines) is 1. The average molecular weight is 471 g/mol. The number of piperidine rings is 1. The van der Waals surface area contributed by atoms with Gasteiger partial charge < -0.3 is 19.5 Å². The fourth-order valence-corrected chi connectivity index (χ4v) is 7.03. The molecule has 2 saturated heterocycles. The van der Waals surface area contributed by atoms with Crippen molar-refractivity contribution in [2.24, 2.45) is 5.92 Å². The van der Waals surface area contributed by atoms with Crippen molar-refractivity contribution in [1.29, 1.82) is 0 Å². The first kappa shape index (κ1) is 26.0. The summed E-state index contributed by atoms with van der Waals surface area (Å²) in [5.41, 5.74) is 0.615. The predicted octanol–water partition coefficient (Wildman–Crippen LogP) is 4.06. The van der Waals surface area contributed by atoms with Crippen molar-refractivity contribution in [1.82, 2.24) is 4.90 Å². The molecule has 0 aromatic heterocycles. The lowest BCUT2D eigenvalue weighted by Gasteiger charge is -2.37. The maximum Gasteiger partial charge on any atom is 0.410 e. The highest BCUT2D eigenvalue weighted by molar-refractivity contribution is 8.19. The molecule has 1 amide bonds. The minimum Gasteiger partial charge on any atom is -0.610 e. The van der Waals surface area contributed by atoms with E-state index in [2.05, 4.69) is 12.8 Å². The molecule has 2 aliphatic heterocycles. The monoisotopic (exact) mass is 470 g/mol. The van der Waals surface area contributed by atoms with Gasteiger partial charge in [0.15, 0.2) is 12.4 Å². The van der Waals surface area contributed by atoms with Gasteiger partial charge in [-0.2, -0.15) is 0 Å². The first-order valence-corrected chi connectivity index (χ1v) is 13.0. The molecule has 6 nitrogen and oxygen atoms in total. The van der Waals surface area contributed by atoms with Crippen molar-refractivity contribution >= 4 is 35.8 Å². The summed E-state index contributed by atoms with van der Waals surface area (Å²) in [5, 5.41) is 11.8. The Morgan fingerprint density at radius 2 is 2.06 bits per heavy atom. The summed E-state index contributed by atoms with van der Waals surface area (Å²) >= 11 is 3.92. The van der Waals surface area contributed by atoms with Crippen molar-refractivity contribution in [3.05, 3.63) is 24.3 Å². The quantitative estimate of drug-likeness (QED) is 0.242. The molecule has 2 fully saturated rings. The average Bonchev–Trinajstić information content (AvgIpc) is 2.66. The maximum atomic E-state index is 12.4.